The van der Waals surface area contributed by atoms with Crippen LogP contribution in [0.2, 0.25) is 0 Å². The van der Waals surface area contributed by atoms with Crippen molar-refractivity contribution in [1.29, 1.82) is 0 Å². The second-order valence-electron chi connectivity index (χ2n) is 10.1. The highest BCUT2D eigenvalue weighted by molar-refractivity contribution is 5.99. The number of hydrogen-bond acceptors (Lipinski definition) is 9. The van der Waals surface area contributed by atoms with Crippen molar-refractivity contribution >= 4 is 23.8 Å². The number of pyridine rings is 1. The zero-order valence-corrected chi connectivity index (χ0v) is 23.7. The summed E-state index contributed by atoms with van der Waals surface area (Å²) in [5.74, 6) is -2.11. The molecule has 1 heterocycles. The van der Waals surface area contributed by atoms with Crippen molar-refractivity contribution in [3.8, 4) is 17.4 Å². The minimum Gasteiger partial charge on any atom is -0.504 e. The van der Waals surface area contributed by atoms with Crippen molar-refractivity contribution in [2.45, 2.75) is 46.1 Å². The number of nitrogens with two attached hydrogens (primary N) is 1. The van der Waals surface area contributed by atoms with Crippen LogP contribution in [0.3, 0.4) is 0 Å². The van der Waals surface area contributed by atoms with Crippen LogP contribution in [0.25, 0.3) is 10.9 Å². The van der Waals surface area contributed by atoms with Gasteiger partial charge < -0.3 is 25.2 Å². The minimum atomic E-state index is -1.36. The average molecular weight is 574 g/mol. The van der Waals surface area contributed by atoms with Crippen LogP contribution in [0.1, 0.15) is 50.9 Å². The van der Waals surface area contributed by atoms with Crippen molar-refractivity contribution in [2.24, 2.45) is 11.7 Å². The van der Waals surface area contributed by atoms with Crippen molar-refractivity contribution in [3.63, 3.8) is 0 Å². The Bertz CT molecular complexity index is 1600. The van der Waals surface area contributed by atoms with Crippen LogP contribution in [0.5, 0.6) is 17.4 Å². The highest BCUT2D eigenvalue weighted by Gasteiger charge is 2.44. The summed E-state index contributed by atoms with van der Waals surface area (Å²) >= 11 is 0. The van der Waals surface area contributed by atoms with Crippen molar-refractivity contribution in [3.05, 3.63) is 91.6 Å². The second kappa shape index (κ2) is 11.8. The number of phenolic OH excluding ortho intramolecular Hbond substituents is 1. The monoisotopic (exact) mass is 573 g/mol. The van der Waals surface area contributed by atoms with Gasteiger partial charge in [0.25, 0.3) is 17.4 Å². The number of hydrogen-bond donors (Lipinski definition) is 2. The number of nitro benzene ring substituents is 1. The Morgan fingerprint density at radius 3 is 2.64 bits per heavy atom. The Labute approximate surface area is 242 Å². The van der Waals surface area contributed by atoms with Gasteiger partial charge in [0.05, 0.1) is 22.7 Å². The van der Waals surface area contributed by atoms with Gasteiger partial charge in [0.2, 0.25) is 5.88 Å². The summed E-state index contributed by atoms with van der Waals surface area (Å²) in [6.45, 7) is 15.6. The molecule has 12 heteroatoms. The van der Waals surface area contributed by atoms with E-state index in [0.717, 1.165) is 29.3 Å². The third-order valence-corrected chi connectivity index (χ3v) is 7.45. The molecule has 218 valence electrons. The number of aromatic nitrogens is 1. The first kappa shape index (κ1) is 30.0. The van der Waals surface area contributed by atoms with Crippen LogP contribution in [0, 0.1) is 22.6 Å². The van der Waals surface area contributed by atoms with E-state index in [0.29, 0.717) is 31.6 Å². The molecule has 0 saturated carbocycles. The fourth-order valence-corrected chi connectivity index (χ4v) is 5.67. The molecule has 1 aromatic heterocycles. The highest BCUT2D eigenvalue weighted by atomic mass is 16.7. The summed E-state index contributed by atoms with van der Waals surface area (Å²) in [5, 5.41) is 22.3. The number of nitro groups is 1. The van der Waals surface area contributed by atoms with E-state index in [9.17, 15) is 24.8 Å². The molecule has 2 aromatic rings. The molecular weight excluding hydrogens is 542 g/mol. The summed E-state index contributed by atoms with van der Waals surface area (Å²) in [5.41, 5.74) is 8.86. The lowest BCUT2D eigenvalue weighted by atomic mass is 9.63. The zero-order chi connectivity index (χ0) is 30.8. The molecule has 2 aliphatic carbocycles. The van der Waals surface area contributed by atoms with Gasteiger partial charge in [-0.15, -0.1) is 0 Å². The molecule has 0 saturated heterocycles. The number of rotatable bonds is 7. The number of carbonyl (C=O) groups is 2. The lowest BCUT2D eigenvalue weighted by Gasteiger charge is -2.45. The largest absolute Gasteiger partial charge is 0.521 e. The molecule has 2 atom stereocenters. The van der Waals surface area contributed by atoms with Crippen LogP contribution in [-0.4, -0.2) is 45.1 Å². The highest BCUT2D eigenvalue weighted by Crippen LogP contribution is 2.48. The van der Waals surface area contributed by atoms with Gasteiger partial charge in [-0.3, -0.25) is 14.9 Å². The Balaban J connectivity index is 1.58. The van der Waals surface area contributed by atoms with E-state index >= 15 is 0 Å². The fourth-order valence-electron chi connectivity index (χ4n) is 5.67. The number of ether oxygens (including phenoxy) is 2. The Morgan fingerprint density at radius 2 is 2.02 bits per heavy atom. The van der Waals surface area contributed by atoms with Gasteiger partial charge in [-0.1, -0.05) is 17.7 Å². The number of likely N-dealkylation sites (N-methyl/N-ethyl adjacent to an activating group) is 1. The van der Waals surface area contributed by atoms with Crippen molar-refractivity contribution < 1.29 is 29.1 Å². The number of phenols is 1. The predicted molar refractivity (Wildman–Crippen MR) is 153 cm³/mol. The number of fused-ring (bicyclic) bond motifs is 4. The summed E-state index contributed by atoms with van der Waals surface area (Å²) in [4.78, 5) is 45.3. The van der Waals surface area contributed by atoms with Gasteiger partial charge >= 0.3 is 11.8 Å². The quantitative estimate of drug-likeness (QED) is 0.0880. The summed E-state index contributed by atoms with van der Waals surface area (Å²) in [6, 6.07) is 5.24. The van der Waals surface area contributed by atoms with Crippen LogP contribution in [0.4, 0.5) is 10.5 Å². The summed E-state index contributed by atoms with van der Waals surface area (Å²) in [7, 11) is 0. The Hall–Kier alpha value is -5.02. The van der Waals surface area contributed by atoms with Gasteiger partial charge in [-0.05, 0) is 69.0 Å². The van der Waals surface area contributed by atoms with Crippen LogP contribution in [0.15, 0.2) is 53.3 Å². The van der Waals surface area contributed by atoms with E-state index in [1.807, 2.05) is 19.9 Å². The fraction of sp³-hybridized carbons (Fsp3) is 0.333. The molecule has 3 N–H and O–H groups in total. The summed E-state index contributed by atoms with van der Waals surface area (Å²) < 4.78 is 10.3. The minimum absolute atomic E-state index is 0.00572. The zero-order valence-electron chi connectivity index (χ0n) is 23.7. The van der Waals surface area contributed by atoms with E-state index in [-0.39, 0.29) is 23.1 Å². The van der Waals surface area contributed by atoms with Gasteiger partial charge in [0.1, 0.15) is 0 Å². The maximum Gasteiger partial charge on any atom is 0.521 e. The number of aromatic hydroxyl groups is 1. The number of amides is 1. The third kappa shape index (κ3) is 5.59. The van der Waals surface area contributed by atoms with Gasteiger partial charge in [0, 0.05) is 37.6 Å². The maximum atomic E-state index is 12.7. The first-order chi connectivity index (χ1) is 19.9. The van der Waals surface area contributed by atoms with Crippen LogP contribution < -0.4 is 15.2 Å². The van der Waals surface area contributed by atoms with E-state index < -0.39 is 39.7 Å². The van der Waals surface area contributed by atoms with Crippen molar-refractivity contribution in [2.75, 3.05) is 13.1 Å². The van der Waals surface area contributed by atoms with Gasteiger partial charge in [0.15, 0.2) is 5.75 Å². The molecule has 1 amide bonds. The molecule has 0 fully saturated rings. The lowest BCUT2D eigenvalue weighted by molar-refractivity contribution is -0.385. The first-order valence-electron chi connectivity index (χ1n) is 13.4. The summed E-state index contributed by atoms with van der Waals surface area (Å²) in [6.07, 6.45) is 5.15. The molecule has 1 unspecified atom stereocenters. The van der Waals surface area contributed by atoms with E-state index in [1.165, 1.54) is 16.5 Å². The average Bonchev–Trinajstić information content (AvgIpc) is 2.92. The molecule has 1 aromatic carbocycles. The molecule has 2 aliphatic rings. The standard InChI is InChI=1S/C30H31N5O7/c1-6-20-19-11-17(4)16-30(20,31)21-9-10-26(33-22(21)15-19)41-29(38)42-27-24(35(39)40)13-18(14-25(27)36)12-23(32-5)28(37)34(7-2)8-3/h6,9-14,19,36H,7-8,15-16,31H2,1-4H3/b20-6?,23-12-/t19-,30?/m1/s1. The van der Waals surface area contributed by atoms with Gasteiger partial charge in [-0.25, -0.2) is 14.6 Å². The normalized spacial score (nSPS) is 20.2. The maximum absolute atomic E-state index is 12.7. The number of carbonyl (C=O) groups excluding carboxylic acids is 2. The molecule has 2 bridgehead atoms. The predicted octanol–water partition coefficient (Wildman–Crippen LogP) is 5.02. The molecule has 0 radical (unpaired) electrons. The molecule has 0 spiro atoms. The smallest absolute Gasteiger partial charge is 0.504 e. The Kier molecular flexibility index (Phi) is 8.44. The van der Waals surface area contributed by atoms with Crippen LogP contribution in [-0.2, 0) is 16.8 Å². The third-order valence-electron chi connectivity index (χ3n) is 7.45. The molecule has 0 aliphatic heterocycles. The van der Waals surface area contributed by atoms with Crippen LogP contribution >= 0.6 is 0 Å². The number of benzene rings is 1. The van der Waals surface area contributed by atoms with Gasteiger partial charge in [-0.2, -0.15) is 0 Å². The van der Waals surface area contributed by atoms with E-state index in [2.05, 4.69) is 15.9 Å². The molecule has 12 nitrogen and oxygen atoms in total. The lowest BCUT2D eigenvalue weighted by Crippen LogP contribution is -2.47. The van der Waals surface area contributed by atoms with E-state index in [4.69, 9.17) is 21.8 Å². The number of nitrogens with zero attached hydrogens (tertiary/aromatic N) is 4. The second-order valence-corrected chi connectivity index (χ2v) is 10.1. The van der Waals surface area contributed by atoms with E-state index in [1.54, 1.807) is 19.9 Å². The van der Waals surface area contributed by atoms with Crippen molar-refractivity contribution in [1.82, 2.24) is 9.88 Å². The Morgan fingerprint density at radius 1 is 1.31 bits per heavy atom. The first-order valence-corrected chi connectivity index (χ1v) is 13.4. The molecule has 4 rings (SSSR count). The topological polar surface area (TPSA) is 162 Å². The molecular formula is C30H31N5O7. The molecule has 42 heavy (non-hydrogen) atoms. The SMILES string of the molecule is [C-]#[N+]/C(=C\c1cc(O)c(OC(=O)Oc2ccc3c(n2)C[C@H]2C=C(C)CC3(N)C2=CC)c([N+](=O)[O-])c1)C(=O)N(CC)CC. The number of allylic oxidation sites excluding steroid dienone is 2.